The Morgan fingerprint density at radius 1 is 1.25 bits per heavy atom. The highest BCUT2D eigenvalue weighted by Crippen LogP contribution is 2.42. The summed E-state index contributed by atoms with van der Waals surface area (Å²) < 4.78 is 5.93. The van der Waals surface area contributed by atoms with Gasteiger partial charge in [0.1, 0.15) is 11.9 Å². The lowest BCUT2D eigenvalue weighted by atomic mass is 9.94. The molecular weight excluding hydrogens is 252 g/mol. The average molecular weight is 268 g/mol. The molecule has 1 atom stereocenters. The van der Waals surface area contributed by atoms with Crippen LogP contribution in [0.5, 0.6) is 5.75 Å². The van der Waals surface area contributed by atoms with Crippen LogP contribution < -0.4 is 4.74 Å². The van der Waals surface area contributed by atoms with Crippen molar-refractivity contribution in [3.8, 4) is 16.9 Å². The summed E-state index contributed by atoms with van der Waals surface area (Å²) in [6.45, 7) is 2.00. The standard InChI is InChI=1S/C16H16N2O2/c1-10-12-6-7-17-9-14(12)13-5-4-11(8-15(13)20-10)16(19)18(2)3/h4-10H,1-3H3. The fraction of sp³-hybridized carbons (Fsp3) is 0.250. The fourth-order valence-electron chi connectivity index (χ4n) is 2.47. The van der Waals surface area contributed by atoms with E-state index in [-0.39, 0.29) is 12.0 Å². The molecule has 20 heavy (non-hydrogen) atoms. The summed E-state index contributed by atoms with van der Waals surface area (Å²) in [5.41, 5.74) is 3.82. The van der Waals surface area contributed by atoms with Gasteiger partial charge >= 0.3 is 0 Å². The molecule has 4 nitrogen and oxygen atoms in total. The third-order valence-electron chi connectivity index (χ3n) is 3.52. The number of benzene rings is 1. The molecule has 0 radical (unpaired) electrons. The van der Waals surface area contributed by atoms with Crippen molar-refractivity contribution in [3.63, 3.8) is 0 Å². The van der Waals surface area contributed by atoms with Crippen LogP contribution in [-0.4, -0.2) is 29.9 Å². The molecule has 1 aliphatic rings. The maximum Gasteiger partial charge on any atom is 0.253 e. The van der Waals surface area contributed by atoms with E-state index in [0.29, 0.717) is 5.56 Å². The van der Waals surface area contributed by atoms with Crippen LogP contribution in [0.1, 0.15) is 28.9 Å². The first-order valence-corrected chi connectivity index (χ1v) is 6.54. The minimum absolute atomic E-state index is 0.0268. The second kappa shape index (κ2) is 4.63. The highest BCUT2D eigenvalue weighted by Gasteiger charge is 2.24. The topological polar surface area (TPSA) is 42.4 Å². The maximum absolute atomic E-state index is 12.0. The molecule has 2 aromatic rings. The summed E-state index contributed by atoms with van der Waals surface area (Å²) >= 11 is 0. The van der Waals surface area contributed by atoms with Crippen LogP contribution >= 0.6 is 0 Å². The van der Waals surface area contributed by atoms with Crippen LogP contribution in [0.15, 0.2) is 36.7 Å². The van der Waals surface area contributed by atoms with Gasteiger partial charge in [-0.3, -0.25) is 9.78 Å². The van der Waals surface area contributed by atoms with Crippen molar-refractivity contribution in [1.82, 2.24) is 9.88 Å². The molecule has 0 aliphatic carbocycles. The molecule has 0 fully saturated rings. The van der Waals surface area contributed by atoms with E-state index in [4.69, 9.17) is 4.74 Å². The Hall–Kier alpha value is -2.36. The van der Waals surface area contributed by atoms with Gasteiger partial charge in [-0.1, -0.05) is 0 Å². The molecule has 0 spiro atoms. The number of fused-ring (bicyclic) bond motifs is 3. The molecule has 0 bridgehead atoms. The number of nitrogens with zero attached hydrogens (tertiary/aromatic N) is 2. The number of hydrogen-bond donors (Lipinski definition) is 0. The van der Waals surface area contributed by atoms with Crippen LogP contribution in [0.4, 0.5) is 0 Å². The number of pyridine rings is 1. The number of hydrogen-bond acceptors (Lipinski definition) is 3. The Labute approximate surface area is 118 Å². The molecule has 102 valence electrons. The zero-order valence-corrected chi connectivity index (χ0v) is 11.8. The molecular formula is C16H16N2O2. The van der Waals surface area contributed by atoms with Gasteiger partial charge in [0.05, 0.1) is 0 Å². The summed E-state index contributed by atoms with van der Waals surface area (Å²) in [7, 11) is 3.48. The van der Waals surface area contributed by atoms with Gasteiger partial charge in [0.2, 0.25) is 0 Å². The van der Waals surface area contributed by atoms with Crippen LogP contribution in [0.25, 0.3) is 11.1 Å². The molecule has 0 saturated heterocycles. The second-order valence-corrected chi connectivity index (χ2v) is 5.13. The van der Waals surface area contributed by atoms with Gasteiger partial charge in [-0.05, 0) is 31.2 Å². The summed E-state index contributed by atoms with van der Waals surface area (Å²) in [6, 6.07) is 7.54. The van der Waals surface area contributed by atoms with E-state index in [1.54, 1.807) is 25.2 Å². The third kappa shape index (κ3) is 1.93. The number of amides is 1. The summed E-state index contributed by atoms with van der Waals surface area (Å²) in [4.78, 5) is 17.8. The summed E-state index contributed by atoms with van der Waals surface area (Å²) in [5.74, 6) is 0.715. The number of rotatable bonds is 1. The average Bonchev–Trinajstić information content (AvgIpc) is 2.46. The van der Waals surface area contributed by atoms with Gasteiger partial charge in [0, 0.05) is 48.7 Å². The summed E-state index contributed by atoms with van der Waals surface area (Å²) in [5, 5.41) is 0. The predicted molar refractivity (Wildman–Crippen MR) is 76.7 cm³/mol. The molecule has 0 saturated carbocycles. The van der Waals surface area contributed by atoms with E-state index < -0.39 is 0 Å². The molecule has 1 aliphatic heterocycles. The van der Waals surface area contributed by atoms with Crippen molar-refractivity contribution in [2.45, 2.75) is 13.0 Å². The second-order valence-electron chi connectivity index (χ2n) is 5.13. The molecule has 1 aromatic carbocycles. The fourth-order valence-corrected chi connectivity index (χ4v) is 2.47. The number of ether oxygens (including phenoxy) is 1. The van der Waals surface area contributed by atoms with E-state index in [1.165, 1.54) is 0 Å². The normalized spacial score (nSPS) is 15.8. The van der Waals surface area contributed by atoms with Crippen molar-refractivity contribution in [2.75, 3.05) is 14.1 Å². The first-order chi connectivity index (χ1) is 9.58. The Kier molecular flexibility index (Phi) is 2.93. The lowest BCUT2D eigenvalue weighted by Crippen LogP contribution is -2.22. The highest BCUT2D eigenvalue weighted by molar-refractivity contribution is 5.95. The number of carbonyl (C=O) groups is 1. The molecule has 1 amide bonds. The minimum atomic E-state index is -0.0368. The van der Waals surface area contributed by atoms with Gasteiger partial charge in [0.15, 0.2) is 0 Å². The van der Waals surface area contributed by atoms with Crippen molar-refractivity contribution < 1.29 is 9.53 Å². The zero-order valence-electron chi connectivity index (χ0n) is 11.8. The predicted octanol–water partition coefficient (Wildman–Crippen LogP) is 2.90. The monoisotopic (exact) mass is 268 g/mol. The first-order valence-electron chi connectivity index (χ1n) is 6.54. The quantitative estimate of drug-likeness (QED) is 0.798. The first kappa shape index (κ1) is 12.7. The van der Waals surface area contributed by atoms with Gasteiger partial charge < -0.3 is 9.64 Å². The SMILES string of the molecule is CC1Oc2cc(C(=O)N(C)C)ccc2-c2cnccc21. The molecule has 1 unspecified atom stereocenters. The lowest BCUT2D eigenvalue weighted by molar-refractivity contribution is 0.0827. The van der Waals surface area contributed by atoms with Crippen LogP contribution in [0.2, 0.25) is 0 Å². The molecule has 3 rings (SSSR count). The Morgan fingerprint density at radius 3 is 2.80 bits per heavy atom. The van der Waals surface area contributed by atoms with Gasteiger partial charge in [-0.2, -0.15) is 0 Å². The molecule has 1 aromatic heterocycles. The molecule has 4 heteroatoms. The molecule has 0 N–H and O–H groups in total. The highest BCUT2D eigenvalue weighted by atomic mass is 16.5. The number of aromatic nitrogens is 1. The van der Waals surface area contributed by atoms with Gasteiger partial charge in [-0.15, -0.1) is 0 Å². The van der Waals surface area contributed by atoms with E-state index in [9.17, 15) is 4.79 Å². The van der Waals surface area contributed by atoms with E-state index >= 15 is 0 Å². The van der Waals surface area contributed by atoms with Crippen molar-refractivity contribution in [3.05, 3.63) is 47.8 Å². The van der Waals surface area contributed by atoms with E-state index in [2.05, 4.69) is 4.98 Å². The van der Waals surface area contributed by atoms with Gasteiger partial charge in [0.25, 0.3) is 5.91 Å². The van der Waals surface area contributed by atoms with Crippen molar-refractivity contribution in [2.24, 2.45) is 0 Å². The van der Waals surface area contributed by atoms with Crippen molar-refractivity contribution in [1.29, 1.82) is 0 Å². The van der Waals surface area contributed by atoms with E-state index in [1.807, 2.05) is 37.4 Å². The zero-order chi connectivity index (χ0) is 14.3. The summed E-state index contributed by atoms with van der Waals surface area (Å²) in [6.07, 6.45) is 3.58. The van der Waals surface area contributed by atoms with Gasteiger partial charge in [-0.25, -0.2) is 0 Å². The largest absolute Gasteiger partial charge is 0.485 e. The molecule has 2 heterocycles. The van der Waals surface area contributed by atoms with Crippen LogP contribution in [0.3, 0.4) is 0 Å². The maximum atomic E-state index is 12.0. The third-order valence-corrected chi connectivity index (χ3v) is 3.52. The lowest BCUT2D eigenvalue weighted by Gasteiger charge is -2.26. The Bertz CT molecular complexity index is 680. The van der Waals surface area contributed by atoms with Crippen LogP contribution in [0, 0.1) is 0 Å². The number of carbonyl (C=O) groups excluding carboxylic acids is 1. The smallest absolute Gasteiger partial charge is 0.253 e. The van der Waals surface area contributed by atoms with Crippen LogP contribution in [-0.2, 0) is 0 Å². The van der Waals surface area contributed by atoms with Crippen molar-refractivity contribution >= 4 is 5.91 Å². The van der Waals surface area contributed by atoms with E-state index in [0.717, 1.165) is 22.4 Å². The Balaban J connectivity index is 2.11. The Morgan fingerprint density at radius 2 is 2.05 bits per heavy atom. The minimum Gasteiger partial charge on any atom is -0.485 e.